The molecule has 0 spiro atoms. The summed E-state index contributed by atoms with van der Waals surface area (Å²) in [6.45, 7) is 3.49. The highest BCUT2D eigenvalue weighted by atomic mass is 35.5. The van der Waals surface area contributed by atoms with Crippen LogP contribution in [0.15, 0.2) is 53.1 Å². The van der Waals surface area contributed by atoms with Crippen LogP contribution >= 0.6 is 35.0 Å². The van der Waals surface area contributed by atoms with Gasteiger partial charge in [-0.15, -0.1) is 0 Å². The molecule has 2 amide bonds. The van der Waals surface area contributed by atoms with E-state index in [4.69, 9.17) is 27.9 Å². The average molecular weight is 518 g/mol. The van der Waals surface area contributed by atoms with E-state index < -0.39 is 23.7 Å². The van der Waals surface area contributed by atoms with E-state index in [2.05, 4.69) is 16.7 Å². The maximum Gasteiger partial charge on any atom is 0.319 e. The highest BCUT2D eigenvalue weighted by Crippen LogP contribution is 2.42. The topological polar surface area (TPSA) is 108 Å². The number of carbonyl (C=O) groups excluding carboxylic acids is 3. The Balaban J connectivity index is 1.92. The number of nitrogens with zero attached hydrogens (tertiary/aromatic N) is 1. The van der Waals surface area contributed by atoms with Gasteiger partial charge >= 0.3 is 5.97 Å². The van der Waals surface area contributed by atoms with Crippen LogP contribution in [0.4, 0.5) is 5.69 Å². The number of hydrogen-bond acceptors (Lipinski definition) is 6. The van der Waals surface area contributed by atoms with E-state index >= 15 is 0 Å². The Morgan fingerprint density at radius 2 is 1.88 bits per heavy atom. The average Bonchev–Trinajstić information content (AvgIpc) is 2.80. The van der Waals surface area contributed by atoms with Crippen LogP contribution in [0, 0.1) is 24.2 Å². The lowest BCUT2D eigenvalue weighted by Crippen LogP contribution is -2.44. The Hall–Kier alpha value is -2.99. The zero-order valence-electron chi connectivity index (χ0n) is 18.4. The normalized spacial score (nSPS) is 17.6. The first kappa shape index (κ1) is 25.6. The molecule has 2 N–H and O–H groups in total. The van der Waals surface area contributed by atoms with Crippen molar-refractivity contribution in [3.8, 4) is 6.07 Å². The first-order valence-corrected chi connectivity index (χ1v) is 12.1. The Morgan fingerprint density at radius 3 is 2.56 bits per heavy atom. The van der Waals surface area contributed by atoms with E-state index in [1.165, 1.54) is 0 Å². The maximum atomic E-state index is 13.0. The minimum atomic E-state index is -1.29. The van der Waals surface area contributed by atoms with E-state index in [-0.39, 0.29) is 28.9 Å². The van der Waals surface area contributed by atoms with Gasteiger partial charge in [0.05, 0.1) is 29.0 Å². The smallest absolute Gasteiger partial charge is 0.319 e. The number of benzene rings is 2. The number of nitrogens with one attached hydrogen (secondary N) is 2. The molecule has 10 heteroatoms. The number of hydrogen-bond donors (Lipinski definition) is 2. The summed E-state index contributed by atoms with van der Waals surface area (Å²) in [7, 11) is 0. The van der Waals surface area contributed by atoms with Gasteiger partial charge in [-0.1, -0.05) is 59.2 Å². The number of ether oxygens (including phenoxy) is 1. The van der Waals surface area contributed by atoms with Crippen molar-refractivity contribution in [3.05, 3.63) is 74.2 Å². The van der Waals surface area contributed by atoms with Crippen LogP contribution in [0.3, 0.4) is 0 Å². The molecule has 7 nitrogen and oxygen atoms in total. The van der Waals surface area contributed by atoms with Crippen molar-refractivity contribution >= 4 is 58.4 Å². The van der Waals surface area contributed by atoms with Crippen molar-refractivity contribution in [1.29, 1.82) is 5.26 Å². The number of amides is 2. The second kappa shape index (κ2) is 11.4. The lowest BCUT2D eigenvalue weighted by Gasteiger charge is -2.31. The lowest BCUT2D eigenvalue weighted by atomic mass is 9.78. The number of halogens is 2. The molecular formula is C24H21Cl2N3O4S. The summed E-state index contributed by atoms with van der Waals surface area (Å²) in [5.74, 6) is -4.07. The molecule has 0 aromatic heterocycles. The maximum absolute atomic E-state index is 13.0. The fraction of sp³-hybridized carbons (Fsp3) is 0.250. The molecule has 1 aliphatic heterocycles. The van der Waals surface area contributed by atoms with Crippen molar-refractivity contribution < 1.29 is 19.1 Å². The molecule has 0 bridgehead atoms. The Bertz CT molecular complexity index is 1210. The predicted molar refractivity (Wildman–Crippen MR) is 132 cm³/mol. The number of allylic oxidation sites excluding steroid dienone is 1. The van der Waals surface area contributed by atoms with Crippen molar-refractivity contribution in [1.82, 2.24) is 5.32 Å². The van der Waals surface area contributed by atoms with Gasteiger partial charge in [0.1, 0.15) is 5.92 Å². The van der Waals surface area contributed by atoms with Gasteiger partial charge in [0.15, 0.2) is 0 Å². The molecule has 2 atom stereocenters. The van der Waals surface area contributed by atoms with Gasteiger partial charge in [0.25, 0.3) is 0 Å². The van der Waals surface area contributed by atoms with E-state index in [0.717, 1.165) is 17.3 Å². The van der Waals surface area contributed by atoms with Gasteiger partial charge in [0, 0.05) is 21.7 Å². The Kier molecular flexibility index (Phi) is 8.61. The molecule has 0 fully saturated rings. The first-order chi connectivity index (χ1) is 16.3. The minimum absolute atomic E-state index is 0.0775. The third-order valence-corrected chi connectivity index (χ3v) is 6.97. The number of nitriles is 1. The molecule has 0 aliphatic carbocycles. The fourth-order valence-corrected chi connectivity index (χ4v) is 4.83. The number of carbonyl (C=O) groups is 3. The molecule has 1 aliphatic rings. The summed E-state index contributed by atoms with van der Waals surface area (Å²) in [6, 6.07) is 14.0. The zero-order chi connectivity index (χ0) is 24.8. The monoisotopic (exact) mass is 517 g/mol. The van der Waals surface area contributed by atoms with Crippen LogP contribution in [0.2, 0.25) is 10.0 Å². The summed E-state index contributed by atoms with van der Waals surface area (Å²) >= 11 is 13.5. The van der Waals surface area contributed by atoms with Crippen LogP contribution in [0.5, 0.6) is 0 Å². The molecular weight excluding hydrogens is 497 g/mol. The second-order valence-electron chi connectivity index (χ2n) is 7.32. The van der Waals surface area contributed by atoms with Gasteiger partial charge in [-0.2, -0.15) is 5.26 Å². The molecule has 0 unspecified atom stereocenters. The molecule has 2 aromatic carbocycles. The quantitative estimate of drug-likeness (QED) is 0.403. The van der Waals surface area contributed by atoms with E-state index in [1.807, 2.05) is 0 Å². The number of rotatable bonds is 7. The van der Waals surface area contributed by atoms with Gasteiger partial charge in [-0.25, -0.2) is 0 Å². The predicted octanol–water partition coefficient (Wildman–Crippen LogP) is 4.80. The molecule has 0 saturated heterocycles. The van der Waals surface area contributed by atoms with Crippen LogP contribution in [-0.2, 0) is 19.1 Å². The Morgan fingerprint density at radius 1 is 1.18 bits per heavy atom. The van der Waals surface area contributed by atoms with Crippen LogP contribution in [-0.4, -0.2) is 30.1 Å². The third-order valence-electron chi connectivity index (χ3n) is 5.20. The summed E-state index contributed by atoms with van der Waals surface area (Å²) in [4.78, 5) is 38.2. The molecule has 0 radical (unpaired) electrons. The van der Waals surface area contributed by atoms with Crippen LogP contribution < -0.4 is 10.6 Å². The number of thioether (sulfide) groups is 1. The molecule has 0 saturated carbocycles. The number of esters is 1. The van der Waals surface area contributed by atoms with Gasteiger partial charge in [-0.3, -0.25) is 14.4 Å². The van der Waals surface area contributed by atoms with Crippen molar-refractivity contribution in [2.75, 3.05) is 17.7 Å². The van der Waals surface area contributed by atoms with Gasteiger partial charge in [-0.05, 0) is 43.2 Å². The molecule has 2 aromatic rings. The van der Waals surface area contributed by atoms with E-state index in [0.29, 0.717) is 21.3 Å². The summed E-state index contributed by atoms with van der Waals surface area (Å²) in [6.07, 6.45) is 0. The van der Waals surface area contributed by atoms with E-state index in [1.54, 1.807) is 56.3 Å². The van der Waals surface area contributed by atoms with E-state index in [9.17, 15) is 19.6 Å². The largest absolute Gasteiger partial charge is 0.465 e. The van der Waals surface area contributed by atoms with Crippen LogP contribution in [0.25, 0.3) is 0 Å². The van der Waals surface area contributed by atoms with Crippen LogP contribution in [0.1, 0.15) is 24.0 Å². The number of anilines is 1. The van der Waals surface area contributed by atoms with Gasteiger partial charge in [0.2, 0.25) is 11.8 Å². The lowest BCUT2D eigenvalue weighted by molar-refractivity contribution is -0.152. The molecule has 34 heavy (non-hydrogen) atoms. The van der Waals surface area contributed by atoms with Crippen molar-refractivity contribution in [2.45, 2.75) is 19.8 Å². The first-order valence-electron chi connectivity index (χ1n) is 10.3. The molecule has 176 valence electrons. The summed E-state index contributed by atoms with van der Waals surface area (Å²) in [5, 5.41) is 16.4. The summed E-state index contributed by atoms with van der Waals surface area (Å²) in [5.41, 5.74) is 1.87. The molecule has 1 heterocycles. The summed E-state index contributed by atoms with van der Waals surface area (Å²) < 4.78 is 5.10. The second-order valence-corrected chi connectivity index (χ2v) is 9.12. The van der Waals surface area contributed by atoms with Crippen molar-refractivity contribution in [3.63, 3.8) is 0 Å². The minimum Gasteiger partial charge on any atom is -0.465 e. The van der Waals surface area contributed by atoms with Crippen molar-refractivity contribution in [2.24, 2.45) is 5.92 Å². The zero-order valence-corrected chi connectivity index (χ0v) is 20.7. The third kappa shape index (κ3) is 5.55. The SMILES string of the molecule is CCOC(=O)[C@@H]1C(=O)NC(SCC(=O)Nc2cccc(Cl)c2C)=C(C#N)[C@@H]1c1ccccc1Cl. The standard InChI is InChI=1S/C24H21Cl2N3O4S/c1-3-33-24(32)21-20(14-7-4-5-8-17(14)26)15(11-27)23(29-22(21)31)34-12-19(30)28-18-10-6-9-16(25)13(18)2/h4-10,20-21H,3,12H2,1-2H3,(H,28,30)(H,29,31)/t20-,21-/m0/s1. The molecule has 3 rings (SSSR count). The highest BCUT2D eigenvalue weighted by Gasteiger charge is 2.45. The van der Waals surface area contributed by atoms with Gasteiger partial charge < -0.3 is 15.4 Å². The Labute approximate surface area is 211 Å². The fourth-order valence-electron chi connectivity index (χ4n) is 3.55. The highest BCUT2D eigenvalue weighted by molar-refractivity contribution is 8.03.